The summed E-state index contributed by atoms with van der Waals surface area (Å²) in [6, 6.07) is 16.0. The molecule has 24 heavy (non-hydrogen) atoms. The number of H-pyrrole nitrogens is 1. The molecule has 0 saturated heterocycles. The minimum Gasteiger partial charge on any atom is -0.361 e. The van der Waals surface area contributed by atoms with E-state index in [-0.39, 0.29) is 6.04 Å². The summed E-state index contributed by atoms with van der Waals surface area (Å²) in [7, 11) is 2.04. The van der Waals surface area contributed by atoms with E-state index in [4.69, 9.17) is 5.73 Å². The lowest BCUT2D eigenvalue weighted by Crippen LogP contribution is -2.36. The Morgan fingerprint density at radius 2 is 1.88 bits per heavy atom. The number of carbonyl (C=O) groups is 1. The molecule has 0 saturated carbocycles. The minimum absolute atomic E-state index is 0.0394. The molecule has 1 atom stereocenters. The van der Waals surface area contributed by atoms with Crippen molar-refractivity contribution in [2.45, 2.75) is 19.0 Å². The van der Waals surface area contributed by atoms with Gasteiger partial charge in [0.2, 0.25) is 0 Å². The molecule has 124 valence electrons. The van der Waals surface area contributed by atoms with Gasteiger partial charge in [-0.05, 0) is 30.7 Å². The molecule has 2 aromatic carbocycles. The Hall–Kier alpha value is -2.43. The zero-order chi connectivity index (χ0) is 16.9. The van der Waals surface area contributed by atoms with E-state index in [1.54, 1.807) is 0 Å². The van der Waals surface area contributed by atoms with Gasteiger partial charge in [-0.25, -0.2) is 0 Å². The summed E-state index contributed by atoms with van der Waals surface area (Å²) < 4.78 is 0. The van der Waals surface area contributed by atoms with Crippen molar-refractivity contribution < 1.29 is 4.79 Å². The Morgan fingerprint density at radius 3 is 2.71 bits per heavy atom. The van der Waals surface area contributed by atoms with E-state index in [0.717, 1.165) is 42.4 Å². The van der Waals surface area contributed by atoms with Gasteiger partial charge in [0.1, 0.15) is 6.29 Å². The number of aromatic amines is 1. The maximum atomic E-state index is 11.1. The van der Waals surface area contributed by atoms with Crippen LogP contribution in [0.25, 0.3) is 10.9 Å². The topological polar surface area (TPSA) is 62.1 Å². The fraction of sp³-hybridized carbons (Fsp3) is 0.250. The van der Waals surface area contributed by atoms with E-state index in [2.05, 4.69) is 22.0 Å². The van der Waals surface area contributed by atoms with Gasteiger partial charge in [0.05, 0.1) is 0 Å². The fourth-order valence-electron chi connectivity index (χ4n) is 3.20. The first-order valence-electron chi connectivity index (χ1n) is 8.19. The highest BCUT2D eigenvalue weighted by atomic mass is 16.1. The summed E-state index contributed by atoms with van der Waals surface area (Å²) in [5, 5.41) is 1.24. The molecule has 0 aliphatic rings. The summed E-state index contributed by atoms with van der Waals surface area (Å²) >= 11 is 0. The third-order valence-corrected chi connectivity index (χ3v) is 4.33. The SMILES string of the molecule is CN(Cc1ccccc1C=O)C[C@H](N)Cc1c[nH]c2ccccc12. The van der Waals surface area contributed by atoms with Crippen LogP contribution in [-0.2, 0) is 13.0 Å². The lowest BCUT2D eigenvalue weighted by atomic mass is 10.0. The Kier molecular flexibility index (Phi) is 5.08. The van der Waals surface area contributed by atoms with Gasteiger partial charge in [-0.1, -0.05) is 42.5 Å². The van der Waals surface area contributed by atoms with Gasteiger partial charge < -0.3 is 15.6 Å². The largest absolute Gasteiger partial charge is 0.361 e. The van der Waals surface area contributed by atoms with E-state index in [1.165, 1.54) is 10.9 Å². The van der Waals surface area contributed by atoms with Crippen molar-refractivity contribution in [3.05, 3.63) is 71.4 Å². The van der Waals surface area contributed by atoms with Crippen LogP contribution in [-0.4, -0.2) is 35.8 Å². The molecule has 3 N–H and O–H groups in total. The zero-order valence-electron chi connectivity index (χ0n) is 13.9. The first-order chi connectivity index (χ1) is 11.7. The molecular formula is C20H23N3O. The normalized spacial score (nSPS) is 12.6. The predicted octanol–water partition coefficient (Wildman–Crippen LogP) is 2.98. The number of likely N-dealkylation sites (N-methyl/N-ethyl adjacent to an activating group) is 1. The first kappa shape index (κ1) is 16.4. The first-order valence-corrected chi connectivity index (χ1v) is 8.19. The molecule has 4 heteroatoms. The number of carbonyl (C=O) groups excluding carboxylic acids is 1. The number of hydrogen-bond acceptors (Lipinski definition) is 3. The lowest BCUT2D eigenvalue weighted by Gasteiger charge is -2.22. The molecule has 1 heterocycles. The number of hydrogen-bond donors (Lipinski definition) is 2. The Labute approximate surface area is 142 Å². The predicted molar refractivity (Wildman–Crippen MR) is 98.1 cm³/mol. The molecule has 0 amide bonds. The molecule has 0 fully saturated rings. The highest BCUT2D eigenvalue weighted by Crippen LogP contribution is 2.19. The van der Waals surface area contributed by atoms with E-state index < -0.39 is 0 Å². The number of nitrogens with two attached hydrogens (primary N) is 1. The van der Waals surface area contributed by atoms with Gasteiger partial charge >= 0.3 is 0 Å². The molecule has 0 spiro atoms. The summed E-state index contributed by atoms with van der Waals surface area (Å²) in [6.07, 6.45) is 3.78. The standard InChI is InChI=1S/C20H23N3O/c1-23(12-15-6-2-3-7-16(15)14-24)13-18(21)10-17-11-22-20-9-5-4-8-19(17)20/h2-9,11,14,18,22H,10,12-13,21H2,1H3/t18-/m1/s1. The average Bonchev–Trinajstić information content (AvgIpc) is 2.98. The van der Waals surface area contributed by atoms with Crippen molar-refractivity contribution in [1.29, 1.82) is 0 Å². The number of aldehydes is 1. The van der Waals surface area contributed by atoms with Crippen molar-refractivity contribution >= 4 is 17.2 Å². The summed E-state index contributed by atoms with van der Waals surface area (Å²) in [5.41, 5.74) is 10.5. The van der Waals surface area contributed by atoms with Crippen molar-refractivity contribution in [3.63, 3.8) is 0 Å². The maximum absolute atomic E-state index is 11.1. The number of nitrogens with zero attached hydrogens (tertiary/aromatic N) is 1. The summed E-state index contributed by atoms with van der Waals surface area (Å²) in [4.78, 5) is 16.6. The Bertz CT molecular complexity index is 824. The van der Waals surface area contributed by atoms with Crippen molar-refractivity contribution in [2.75, 3.05) is 13.6 Å². The highest BCUT2D eigenvalue weighted by Gasteiger charge is 2.12. The molecular weight excluding hydrogens is 298 g/mol. The maximum Gasteiger partial charge on any atom is 0.150 e. The van der Waals surface area contributed by atoms with Crippen molar-refractivity contribution in [3.8, 4) is 0 Å². The van der Waals surface area contributed by atoms with Crippen LogP contribution in [0.15, 0.2) is 54.7 Å². The second-order valence-electron chi connectivity index (χ2n) is 6.34. The fourth-order valence-corrected chi connectivity index (χ4v) is 3.20. The summed E-state index contributed by atoms with van der Waals surface area (Å²) in [6.45, 7) is 1.49. The second-order valence-corrected chi connectivity index (χ2v) is 6.34. The molecule has 3 aromatic rings. The van der Waals surface area contributed by atoms with E-state index in [1.807, 2.05) is 49.6 Å². The summed E-state index contributed by atoms with van der Waals surface area (Å²) in [5.74, 6) is 0. The zero-order valence-corrected chi connectivity index (χ0v) is 13.9. The number of aromatic nitrogens is 1. The van der Waals surface area contributed by atoms with E-state index in [0.29, 0.717) is 0 Å². The molecule has 0 aliphatic heterocycles. The highest BCUT2D eigenvalue weighted by molar-refractivity contribution is 5.83. The van der Waals surface area contributed by atoms with Gasteiger partial charge in [-0.3, -0.25) is 4.79 Å². The average molecular weight is 321 g/mol. The Morgan fingerprint density at radius 1 is 1.12 bits per heavy atom. The quantitative estimate of drug-likeness (QED) is 0.658. The number of para-hydroxylation sites is 1. The van der Waals surface area contributed by atoms with E-state index in [9.17, 15) is 4.79 Å². The van der Waals surface area contributed by atoms with E-state index >= 15 is 0 Å². The lowest BCUT2D eigenvalue weighted by molar-refractivity contribution is 0.112. The molecule has 0 bridgehead atoms. The van der Waals surface area contributed by atoms with Crippen LogP contribution in [0.1, 0.15) is 21.5 Å². The number of rotatable bonds is 7. The third-order valence-electron chi connectivity index (χ3n) is 4.33. The van der Waals surface area contributed by atoms with Crippen LogP contribution < -0.4 is 5.73 Å². The molecule has 3 rings (SSSR count). The van der Waals surface area contributed by atoms with Gasteiger partial charge in [0.15, 0.2) is 0 Å². The number of nitrogens with one attached hydrogen (secondary N) is 1. The number of benzene rings is 2. The second kappa shape index (κ2) is 7.43. The van der Waals surface area contributed by atoms with Crippen LogP contribution in [0.5, 0.6) is 0 Å². The van der Waals surface area contributed by atoms with Crippen LogP contribution in [0.3, 0.4) is 0 Å². The van der Waals surface area contributed by atoms with Crippen molar-refractivity contribution in [2.24, 2.45) is 5.73 Å². The molecule has 1 aromatic heterocycles. The molecule has 0 aliphatic carbocycles. The number of fused-ring (bicyclic) bond motifs is 1. The van der Waals surface area contributed by atoms with Gasteiger partial charge in [0.25, 0.3) is 0 Å². The van der Waals surface area contributed by atoms with Crippen molar-refractivity contribution in [1.82, 2.24) is 9.88 Å². The van der Waals surface area contributed by atoms with Crippen LogP contribution >= 0.6 is 0 Å². The minimum atomic E-state index is 0.0394. The molecule has 4 nitrogen and oxygen atoms in total. The van der Waals surface area contributed by atoms with Crippen LogP contribution in [0.2, 0.25) is 0 Å². The smallest absolute Gasteiger partial charge is 0.150 e. The third kappa shape index (κ3) is 3.72. The van der Waals surface area contributed by atoms with Gasteiger partial charge in [0, 0.05) is 41.8 Å². The Balaban J connectivity index is 1.62. The van der Waals surface area contributed by atoms with Gasteiger partial charge in [-0.2, -0.15) is 0 Å². The van der Waals surface area contributed by atoms with Gasteiger partial charge in [-0.15, -0.1) is 0 Å². The molecule has 0 radical (unpaired) electrons. The molecule has 0 unspecified atom stereocenters. The monoisotopic (exact) mass is 321 g/mol. The van der Waals surface area contributed by atoms with Crippen LogP contribution in [0, 0.1) is 0 Å². The van der Waals surface area contributed by atoms with Crippen LogP contribution in [0.4, 0.5) is 0 Å².